The number of nitrogens with one attached hydrogen (secondary N) is 2. The molecule has 0 saturated carbocycles. The van der Waals surface area contributed by atoms with Crippen LogP contribution in [0, 0.1) is 5.82 Å². The van der Waals surface area contributed by atoms with Gasteiger partial charge in [-0.1, -0.05) is 36.4 Å². The highest BCUT2D eigenvalue weighted by Crippen LogP contribution is 2.17. The summed E-state index contributed by atoms with van der Waals surface area (Å²) in [6.07, 6.45) is 2.91. The number of benzene rings is 2. The SMILES string of the molecule is COc1ccccc1CCNc1cnnc(NCCc2ccccc2F)n1. The van der Waals surface area contributed by atoms with Gasteiger partial charge in [-0.25, -0.2) is 4.39 Å². The van der Waals surface area contributed by atoms with E-state index in [-0.39, 0.29) is 5.82 Å². The normalized spacial score (nSPS) is 10.4. The van der Waals surface area contributed by atoms with Gasteiger partial charge in [-0.05, 0) is 36.1 Å². The summed E-state index contributed by atoms with van der Waals surface area (Å²) in [5, 5.41) is 14.2. The van der Waals surface area contributed by atoms with Crippen LogP contribution in [0.4, 0.5) is 16.2 Å². The molecule has 0 amide bonds. The average Bonchev–Trinajstić information content (AvgIpc) is 2.70. The van der Waals surface area contributed by atoms with Crippen LogP contribution in [0.5, 0.6) is 5.75 Å². The number of methoxy groups -OCH3 is 1. The molecular formula is C20H22FN5O. The number of para-hydroxylation sites is 1. The first-order valence-corrected chi connectivity index (χ1v) is 8.79. The lowest BCUT2D eigenvalue weighted by Crippen LogP contribution is -2.12. The maximum atomic E-state index is 13.6. The van der Waals surface area contributed by atoms with Gasteiger partial charge in [0, 0.05) is 13.1 Å². The fraction of sp³-hybridized carbons (Fsp3) is 0.250. The summed E-state index contributed by atoms with van der Waals surface area (Å²) in [4.78, 5) is 4.38. The Labute approximate surface area is 157 Å². The zero-order chi connectivity index (χ0) is 18.9. The third-order valence-electron chi connectivity index (χ3n) is 4.09. The standard InChI is InChI=1S/C20H22FN5O/c1-27-18-9-5-3-7-16(18)11-12-22-19-14-24-26-20(25-19)23-13-10-15-6-2-4-8-17(15)21/h2-9,14H,10-13H2,1H3,(H2,22,23,25,26). The number of hydrogen-bond donors (Lipinski definition) is 2. The number of aromatic nitrogens is 3. The van der Waals surface area contributed by atoms with Crippen molar-refractivity contribution in [3.05, 3.63) is 71.7 Å². The molecule has 1 aromatic heterocycles. The van der Waals surface area contributed by atoms with E-state index in [9.17, 15) is 4.39 Å². The van der Waals surface area contributed by atoms with Crippen LogP contribution in [-0.2, 0) is 12.8 Å². The molecule has 3 aromatic rings. The van der Waals surface area contributed by atoms with Crippen LogP contribution >= 0.6 is 0 Å². The van der Waals surface area contributed by atoms with Crippen molar-refractivity contribution in [2.24, 2.45) is 0 Å². The monoisotopic (exact) mass is 367 g/mol. The Kier molecular flexibility index (Phi) is 6.51. The third kappa shape index (κ3) is 5.37. The zero-order valence-corrected chi connectivity index (χ0v) is 15.2. The molecule has 0 saturated heterocycles. The van der Waals surface area contributed by atoms with Crippen molar-refractivity contribution < 1.29 is 9.13 Å². The molecule has 140 valence electrons. The fourth-order valence-electron chi connectivity index (χ4n) is 2.71. The minimum absolute atomic E-state index is 0.204. The van der Waals surface area contributed by atoms with E-state index in [1.807, 2.05) is 30.3 Å². The van der Waals surface area contributed by atoms with Gasteiger partial charge >= 0.3 is 0 Å². The summed E-state index contributed by atoms with van der Waals surface area (Å²) < 4.78 is 19.0. The molecule has 27 heavy (non-hydrogen) atoms. The van der Waals surface area contributed by atoms with Gasteiger partial charge in [-0.15, -0.1) is 5.10 Å². The number of ether oxygens (including phenoxy) is 1. The van der Waals surface area contributed by atoms with Gasteiger partial charge in [0.2, 0.25) is 5.95 Å². The first kappa shape index (κ1) is 18.6. The van der Waals surface area contributed by atoms with Gasteiger partial charge < -0.3 is 15.4 Å². The molecule has 6 nitrogen and oxygen atoms in total. The number of rotatable bonds is 9. The highest BCUT2D eigenvalue weighted by Gasteiger charge is 2.04. The van der Waals surface area contributed by atoms with Crippen molar-refractivity contribution in [1.29, 1.82) is 0 Å². The van der Waals surface area contributed by atoms with E-state index in [0.29, 0.717) is 36.8 Å². The Morgan fingerprint density at radius 1 is 0.926 bits per heavy atom. The molecule has 0 bridgehead atoms. The number of nitrogens with zero attached hydrogens (tertiary/aromatic N) is 3. The van der Waals surface area contributed by atoms with Crippen molar-refractivity contribution in [2.45, 2.75) is 12.8 Å². The summed E-state index contributed by atoms with van der Waals surface area (Å²) in [6, 6.07) is 14.6. The third-order valence-corrected chi connectivity index (χ3v) is 4.09. The molecule has 2 aromatic carbocycles. The van der Waals surface area contributed by atoms with Crippen LogP contribution in [0.15, 0.2) is 54.7 Å². The summed E-state index contributed by atoms with van der Waals surface area (Å²) in [6.45, 7) is 1.21. The van der Waals surface area contributed by atoms with Crippen LogP contribution in [0.1, 0.15) is 11.1 Å². The van der Waals surface area contributed by atoms with Gasteiger partial charge in [-0.2, -0.15) is 10.1 Å². The lowest BCUT2D eigenvalue weighted by Gasteiger charge is -2.10. The van der Waals surface area contributed by atoms with E-state index in [1.165, 1.54) is 6.07 Å². The first-order chi connectivity index (χ1) is 13.3. The first-order valence-electron chi connectivity index (χ1n) is 8.79. The molecule has 3 rings (SSSR count). The maximum absolute atomic E-state index is 13.6. The second-order valence-electron chi connectivity index (χ2n) is 5.92. The second-order valence-corrected chi connectivity index (χ2v) is 5.92. The Hall–Kier alpha value is -3.22. The molecule has 0 unspecified atom stereocenters. The van der Waals surface area contributed by atoms with Gasteiger partial charge in [0.15, 0.2) is 5.82 Å². The van der Waals surface area contributed by atoms with Crippen LogP contribution in [0.25, 0.3) is 0 Å². The van der Waals surface area contributed by atoms with Crippen LogP contribution in [-0.4, -0.2) is 35.4 Å². The topological polar surface area (TPSA) is 72.0 Å². The Balaban J connectivity index is 1.49. The minimum Gasteiger partial charge on any atom is -0.496 e. The van der Waals surface area contributed by atoms with E-state index >= 15 is 0 Å². The van der Waals surface area contributed by atoms with E-state index < -0.39 is 0 Å². The van der Waals surface area contributed by atoms with Gasteiger partial charge in [0.25, 0.3) is 0 Å². The minimum atomic E-state index is -0.204. The van der Waals surface area contributed by atoms with Gasteiger partial charge in [0.1, 0.15) is 11.6 Å². The summed E-state index contributed by atoms with van der Waals surface area (Å²) in [5.41, 5.74) is 1.78. The Morgan fingerprint density at radius 3 is 2.44 bits per heavy atom. The van der Waals surface area contributed by atoms with Gasteiger partial charge in [0.05, 0.1) is 13.3 Å². The molecule has 1 heterocycles. The Morgan fingerprint density at radius 2 is 1.63 bits per heavy atom. The Bertz CT molecular complexity index is 874. The molecule has 0 fully saturated rings. The highest BCUT2D eigenvalue weighted by atomic mass is 19.1. The summed E-state index contributed by atoms with van der Waals surface area (Å²) in [7, 11) is 1.67. The quantitative estimate of drug-likeness (QED) is 0.604. The molecule has 0 radical (unpaired) electrons. The van der Waals surface area contributed by atoms with Crippen LogP contribution in [0.2, 0.25) is 0 Å². The molecule has 0 atom stereocenters. The van der Waals surface area contributed by atoms with E-state index in [1.54, 1.807) is 25.4 Å². The van der Waals surface area contributed by atoms with Crippen LogP contribution < -0.4 is 15.4 Å². The molecule has 0 aliphatic heterocycles. The van der Waals surface area contributed by atoms with E-state index in [4.69, 9.17) is 4.74 Å². The van der Waals surface area contributed by atoms with Crippen molar-refractivity contribution in [1.82, 2.24) is 15.2 Å². The lowest BCUT2D eigenvalue weighted by molar-refractivity contribution is 0.410. The second kappa shape index (κ2) is 9.47. The predicted molar refractivity (Wildman–Crippen MR) is 104 cm³/mol. The highest BCUT2D eigenvalue weighted by molar-refractivity contribution is 5.38. The molecule has 0 aliphatic rings. The fourth-order valence-corrected chi connectivity index (χ4v) is 2.71. The zero-order valence-electron chi connectivity index (χ0n) is 15.2. The molecule has 2 N–H and O–H groups in total. The van der Waals surface area contributed by atoms with E-state index in [2.05, 4.69) is 25.8 Å². The predicted octanol–water partition coefficient (Wildman–Crippen LogP) is 3.33. The number of halogens is 1. The van der Waals surface area contributed by atoms with Crippen molar-refractivity contribution in [3.8, 4) is 5.75 Å². The van der Waals surface area contributed by atoms with Gasteiger partial charge in [-0.3, -0.25) is 0 Å². The van der Waals surface area contributed by atoms with Crippen molar-refractivity contribution in [3.63, 3.8) is 0 Å². The summed E-state index contributed by atoms with van der Waals surface area (Å²) >= 11 is 0. The lowest BCUT2D eigenvalue weighted by atomic mass is 10.1. The molecule has 0 spiro atoms. The van der Waals surface area contributed by atoms with Crippen molar-refractivity contribution >= 4 is 11.8 Å². The smallest absolute Gasteiger partial charge is 0.244 e. The molecular weight excluding hydrogens is 345 g/mol. The average molecular weight is 367 g/mol. The van der Waals surface area contributed by atoms with Crippen LogP contribution in [0.3, 0.4) is 0 Å². The van der Waals surface area contributed by atoms with E-state index in [0.717, 1.165) is 17.7 Å². The molecule has 7 heteroatoms. The largest absolute Gasteiger partial charge is 0.496 e. The molecule has 0 aliphatic carbocycles. The van der Waals surface area contributed by atoms with Crippen molar-refractivity contribution in [2.75, 3.05) is 30.8 Å². The number of hydrogen-bond acceptors (Lipinski definition) is 6. The number of anilines is 2. The summed E-state index contributed by atoms with van der Waals surface area (Å²) in [5.74, 6) is 1.71. The maximum Gasteiger partial charge on any atom is 0.244 e.